The first-order chi connectivity index (χ1) is 20.4. The lowest BCUT2D eigenvalue weighted by atomic mass is 9.81. The minimum atomic E-state index is -1.10. The molecule has 0 aromatic heterocycles. The second kappa shape index (κ2) is 13.0. The number of hydrogen-bond acceptors (Lipinski definition) is 7. The van der Waals surface area contributed by atoms with Gasteiger partial charge in [0.05, 0.1) is 17.9 Å². The number of carbonyl (C=O) groups is 4. The van der Waals surface area contributed by atoms with Crippen LogP contribution < -0.4 is 0 Å². The fraction of sp³-hybridized carbons (Fsp3) is 0.176. The quantitative estimate of drug-likeness (QED) is 0.221. The molecule has 2 amide bonds. The lowest BCUT2D eigenvalue weighted by Gasteiger charge is -2.44. The molecule has 0 radical (unpaired) electrons. The van der Waals surface area contributed by atoms with E-state index in [2.05, 4.69) is 0 Å². The van der Waals surface area contributed by atoms with Crippen molar-refractivity contribution in [3.63, 3.8) is 0 Å². The molecule has 0 unspecified atom stereocenters. The van der Waals surface area contributed by atoms with Gasteiger partial charge in [-0.2, -0.15) is 0 Å². The number of nitrogens with zero attached hydrogens (tertiary/aromatic N) is 1. The van der Waals surface area contributed by atoms with Crippen LogP contribution in [0, 0.1) is 5.92 Å². The fourth-order valence-electron chi connectivity index (χ4n) is 4.87. The first-order valence-electron chi connectivity index (χ1n) is 13.5. The summed E-state index contributed by atoms with van der Waals surface area (Å²) in [5, 5.41) is 9.60. The highest BCUT2D eigenvalue weighted by atomic mass is 16.5. The highest BCUT2D eigenvalue weighted by molar-refractivity contribution is 6.08. The summed E-state index contributed by atoms with van der Waals surface area (Å²) in [5.41, 5.74) is 3.14. The molecular weight excluding hydrogens is 534 g/mol. The highest BCUT2D eigenvalue weighted by Gasteiger charge is 2.54. The maximum atomic E-state index is 13.4. The summed E-state index contributed by atoms with van der Waals surface area (Å²) >= 11 is 0. The van der Waals surface area contributed by atoms with Crippen molar-refractivity contribution in [3.8, 4) is 5.75 Å². The number of amides is 2. The third-order valence-corrected chi connectivity index (χ3v) is 7.07. The number of likely N-dealkylation sites (tertiary alicyclic amines) is 1. The van der Waals surface area contributed by atoms with Gasteiger partial charge in [-0.25, -0.2) is 9.59 Å². The molecule has 5 rings (SSSR count). The molecule has 1 N–H and O–H groups in total. The monoisotopic (exact) mass is 563 g/mol. The maximum absolute atomic E-state index is 13.4. The minimum Gasteiger partial charge on any atom is -0.508 e. The van der Waals surface area contributed by atoms with Crippen molar-refractivity contribution in [1.82, 2.24) is 4.90 Å². The molecule has 1 fully saturated rings. The molecule has 42 heavy (non-hydrogen) atoms. The van der Waals surface area contributed by atoms with Gasteiger partial charge in [-0.15, -0.1) is 0 Å². The Labute approximate surface area is 243 Å². The van der Waals surface area contributed by atoms with Gasteiger partial charge in [0.2, 0.25) is 11.8 Å². The maximum Gasteiger partial charge on any atom is 0.338 e. The van der Waals surface area contributed by atoms with E-state index in [4.69, 9.17) is 9.47 Å². The van der Waals surface area contributed by atoms with E-state index in [-0.39, 0.29) is 37.4 Å². The number of β-lactam (4-membered cyclic amide) rings is 1. The van der Waals surface area contributed by atoms with Crippen LogP contribution >= 0.6 is 0 Å². The Morgan fingerprint density at radius 1 is 0.690 bits per heavy atom. The second-order valence-corrected chi connectivity index (χ2v) is 10.1. The van der Waals surface area contributed by atoms with Crippen LogP contribution in [-0.4, -0.2) is 39.8 Å². The molecule has 1 aliphatic heterocycles. The number of benzene rings is 4. The molecule has 2 atom stereocenters. The van der Waals surface area contributed by atoms with Crippen molar-refractivity contribution in [1.29, 1.82) is 0 Å². The molecule has 4 aromatic carbocycles. The van der Waals surface area contributed by atoms with E-state index < -0.39 is 35.7 Å². The van der Waals surface area contributed by atoms with Crippen molar-refractivity contribution in [2.24, 2.45) is 5.92 Å². The number of rotatable bonds is 10. The molecule has 8 heteroatoms. The number of ether oxygens (including phenoxy) is 2. The average molecular weight is 564 g/mol. The summed E-state index contributed by atoms with van der Waals surface area (Å²) in [7, 11) is 0. The number of hydrogen-bond donors (Lipinski definition) is 1. The van der Waals surface area contributed by atoms with E-state index in [1.165, 1.54) is 12.1 Å². The van der Waals surface area contributed by atoms with E-state index in [9.17, 15) is 24.3 Å². The Hall–Kier alpha value is -5.24. The summed E-state index contributed by atoms with van der Waals surface area (Å²) in [6.07, 6.45) is 0.0106. The van der Waals surface area contributed by atoms with Crippen LogP contribution in [0.4, 0.5) is 0 Å². The predicted molar refractivity (Wildman–Crippen MR) is 153 cm³/mol. The third kappa shape index (κ3) is 6.72. The minimum absolute atomic E-state index is 0.00542. The van der Waals surface area contributed by atoms with E-state index in [0.717, 1.165) is 21.6 Å². The molecule has 0 bridgehead atoms. The van der Waals surface area contributed by atoms with E-state index in [0.29, 0.717) is 5.56 Å². The summed E-state index contributed by atoms with van der Waals surface area (Å²) in [6.45, 7) is 0.117. The fourth-order valence-corrected chi connectivity index (χ4v) is 4.87. The van der Waals surface area contributed by atoms with E-state index in [1.54, 1.807) is 36.4 Å². The topological polar surface area (TPSA) is 110 Å². The molecular formula is C34H29NO7. The van der Waals surface area contributed by atoms with Crippen LogP contribution in [0.3, 0.4) is 0 Å². The van der Waals surface area contributed by atoms with Crippen LogP contribution in [0.2, 0.25) is 0 Å². The van der Waals surface area contributed by atoms with Gasteiger partial charge in [-0.05, 0) is 52.9 Å². The SMILES string of the molecule is O=C(OCc1ccccc1)c1cccc(CC(=O)N2C(=O)[C@@H](Cc3ccc(O)cc3)[C@H]2C(=O)OCc2ccccc2)c1. The van der Waals surface area contributed by atoms with Crippen LogP contribution in [0.5, 0.6) is 5.75 Å². The number of aromatic hydroxyl groups is 1. The van der Waals surface area contributed by atoms with Gasteiger partial charge >= 0.3 is 11.9 Å². The van der Waals surface area contributed by atoms with Gasteiger partial charge < -0.3 is 14.6 Å². The lowest BCUT2D eigenvalue weighted by Crippen LogP contribution is -2.67. The van der Waals surface area contributed by atoms with Crippen LogP contribution in [0.25, 0.3) is 0 Å². The summed E-state index contributed by atoms with van der Waals surface area (Å²) in [4.78, 5) is 53.4. The Morgan fingerprint density at radius 2 is 1.29 bits per heavy atom. The van der Waals surface area contributed by atoms with Crippen LogP contribution in [0.15, 0.2) is 109 Å². The van der Waals surface area contributed by atoms with E-state index >= 15 is 0 Å². The first kappa shape index (κ1) is 28.3. The zero-order valence-corrected chi connectivity index (χ0v) is 22.7. The smallest absolute Gasteiger partial charge is 0.338 e. The largest absolute Gasteiger partial charge is 0.508 e. The molecule has 212 valence electrons. The van der Waals surface area contributed by atoms with Gasteiger partial charge in [0, 0.05) is 0 Å². The van der Waals surface area contributed by atoms with Gasteiger partial charge in [-0.1, -0.05) is 84.9 Å². The number of phenolic OH excluding ortho intramolecular Hbond substituents is 1. The number of phenols is 1. The number of imide groups is 1. The Morgan fingerprint density at radius 3 is 1.93 bits per heavy atom. The van der Waals surface area contributed by atoms with Gasteiger partial charge in [0.15, 0.2) is 0 Å². The van der Waals surface area contributed by atoms with Crippen molar-refractivity contribution in [2.45, 2.75) is 32.1 Å². The summed E-state index contributed by atoms with van der Waals surface area (Å²) in [5.74, 6) is -2.97. The van der Waals surface area contributed by atoms with Crippen molar-refractivity contribution in [3.05, 3.63) is 137 Å². The predicted octanol–water partition coefficient (Wildman–Crippen LogP) is 4.63. The van der Waals surface area contributed by atoms with Crippen molar-refractivity contribution >= 4 is 23.8 Å². The Bertz CT molecular complexity index is 1570. The molecule has 0 aliphatic carbocycles. The normalized spacial score (nSPS) is 15.9. The number of esters is 2. The Kier molecular flexibility index (Phi) is 8.72. The average Bonchev–Trinajstić information content (AvgIpc) is 3.01. The van der Waals surface area contributed by atoms with Crippen LogP contribution in [0.1, 0.15) is 32.6 Å². The second-order valence-electron chi connectivity index (χ2n) is 10.1. The molecule has 1 saturated heterocycles. The summed E-state index contributed by atoms with van der Waals surface area (Å²) in [6, 6.07) is 30.1. The van der Waals surface area contributed by atoms with Crippen molar-refractivity contribution < 1.29 is 33.8 Å². The molecule has 4 aromatic rings. The first-order valence-corrected chi connectivity index (χ1v) is 13.5. The third-order valence-electron chi connectivity index (χ3n) is 7.07. The molecule has 0 saturated carbocycles. The summed E-state index contributed by atoms with van der Waals surface area (Å²) < 4.78 is 10.9. The zero-order chi connectivity index (χ0) is 29.5. The molecule has 1 heterocycles. The lowest BCUT2D eigenvalue weighted by molar-refractivity contribution is -0.180. The molecule has 8 nitrogen and oxygen atoms in total. The Balaban J connectivity index is 1.28. The van der Waals surface area contributed by atoms with E-state index in [1.807, 2.05) is 60.7 Å². The highest BCUT2D eigenvalue weighted by Crippen LogP contribution is 2.32. The number of carbonyl (C=O) groups excluding carboxylic acids is 4. The standard InChI is InChI=1S/C34H29NO7/c36-28-16-14-23(15-17-28)19-29-31(34(40)42-22-25-10-5-2-6-11-25)35(32(29)38)30(37)20-26-12-7-13-27(18-26)33(39)41-21-24-8-3-1-4-9-24/h1-18,29,31,36H,19-22H2/t29-,31-/m0/s1. The zero-order valence-electron chi connectivity index (χ0n) is 22.7. The van der Waals surface area contributed by atoms with Gasteiger partial charge in [0.25, 0.3) is 0 Å². The molecule has 0 spiro atoms. The van der Waals surface area contributed by atoms with Gasteiger partial charge in [0.1, 0.15) is 25.0 Å². The molecule has 1 aliphatic rings. The van der Waals surface area contributed by atoms with Crippen molar-refractivity contribution in [2.75, 3.05) is 0 Å². The van der Waals surface area contributed by atoms with Crippen LogP contribution in [-0.2, 0) is 49.9 Å². The van der Waals surface area contributed by atoms with Gasteiger partial charge in [-0.3, -0.25) is 14.5 Å².